The molecule has 0 heterocycles. The third-order valence-electron chi connectivity index (χ3n) is 1.85. The maximum absolute atomic E-state index is 11.3. The Labute approximate surface area is 106 Å². The van der Waals surface area contributed by atoms with Gasteiger partial charge in [0.2, 0.25) is 11.8 Å². The number of hydrogen-bond acceptors (Lipinski definition) is 2. The molecule has 0 aliphatic rings. The lowest BCUT2D eigenvalue weighted by molar-refractivity contribution is -0.115. The van der Waals surface area contributed by atoms with Gasteiger partial charge in [-0.2, -0.15) is 0 Å². The number of alkyl halides is 1. The van der Waals surface area contributed by atoms with Crippen LogP contribution in [0.4, 0.5) is 5.69 Å². The van der Waals surface area contributed by atoms with Gasteiger partial charge in [0.05, 0.1) is 10.7 Å². The zero-order valence-corrected chi connectivity index (χ0v) is 10.6. The Morgan fingerprint density at radius 3 is 2.69 bits per heavy atom. The van der Waals surface area contributed by atoms with Gasteiger partial charge in [-0.1, -0.05) is 27.5 Å². The van der Waals surface area contributed by atoms with Crippen molar-refractivity contribution >= 4 is 45.0 Å². The van der Waals surface area contributed by atoms with E-state index in [-0.39, 0.29) is 5.91 Å². The number of carbonyl (C=O) groups is 2. The summed E-state index contributed by atoms with van der Waals surface area (Å²) in [6, 6.07) is 4.48. The molecule has 0 aromatic heterocycles. The average Bonchev–Trinajstić information content (AvgIpc) is 2.21. The molecule has 86 valence electrons. The molecule has 16 heavy (non-hydrogen) atoms. The van der Waals surface area contributed by atoms with Crippen molar-refractivity contribution in [1.82, 2.24) is 0 Å². The monoisotopic (exact) mass is 304 g/mol. The number of nitrogens with one attached hydrogen (secondary N) is 1. The number of primary amides is 1. The van der Waals surface area contributed by atoms with Gasteiger partial charge in [-0.15, -0.1) is 0 Å². The van der Waals surface area contributed by atoms with Crippen LogP contribution in [0.1, 0.15) is 16.8 Å². The predicted molar refractivity (Wildman–Crippen MR) is 67.0 cm³/mol. The molecule has 1 aromatic carbocycles. The summed E-state index contributed by atoms with van der Waals surface area (Å²) in [5, 5.41) is 3.53. The molecule has 0 unspecified atom stereocenters. The van der Waals surface area contributed by atoms with Crippen LogP contribution in [-0.4, -0.2) is 17.1 Å². The normalized spacial score (nSPS) is 9.88. The van der Waals surface area contributed by atoms with Crippen molar-refractivity contribution in [3.63, 3.8) is 0 Å². The number of benzene rings is 1. The largest absolute Gasteiger partial charge is 0.366 e. The van der Waals surface area contributed by atoms with Crippen LogP contribution in [0.15, 0.2) is 18.2 Å². The van der Waals surface area contributed by atoms with Gasteiger partial charge < -0.3 is 11.1 Å². The van der Waals surface area contributed by atoms with Crippen LogP contribution in [0.2, 0.25) is 5.02 Å². The third-order valence-corrected chi connectivity index (χ3v) is 2.57. The van der Waals surface area contributed by atoms with E-state index in [9.17, 15) is 9.59 Å². The first kappa shape index (κ1) is 13.0. The van der Waals surface area contributed by atoms with E-state index in [0.717, 1.165) is 0 Å². The van der Waals surface area contributed by atoms with E-state index in [1.54, 1.807) is 0 Å². The van der Waals surface area contributed by atoms with Gasteiger partial charge in [0.1, 0.15) is 0 Å². The highest BCUT2D eigenvalue weighted by Crippen LogP contribution is 2.23. The fourth-order valence-electron chi connectivity index (χ4n) is 1.07. The molecule has 0 saturated heterocycles. The van der Waals surface area contributed by atoms with Gasteiger partial charge in [0.15, 0.2) is 0 Å². The number of hydrogen-bond donors (Lipinski definition) is 2. The second-order valence-electron chi connectivity index (χ2n) is 3.05. The molecule has 0 aliphatic carbocycles. The van der Waals surface area contributed by atoms with E-state index in [1.807, 2.05) is 0 Å². The Morgan fingerprint density at radius 1 is 1.44 bits per heavy atom. The van der Waals surface area contributed by atoms with E-state index in [0.29, 0.717) is 28.0 Å². The smallest absolute Gasteiger partial charge is 0.248 e. The van der Waals surface area contributed by atoms with E-state index in [2.05, 4.69) is 21.2 Å². The zero-order valence-electron chi connectivity index (χ0n) is 8.30. The SMILES string of the molecule is NC(=O)c1ccc(Cl)c(NC(=O)CCBr)c1. The molecular weight excluding hydrogens is 295 g/mol. The maximum atomic E-state index is 11.3. The highest BCUT2D eigenvalue weighted by molar-refractivity contribution is 9.09. The molecule has 4 nitrogen and oxygen atoms in total. The quantitative estimate of drug-likeness (QED) is 0.837. The summed E-state index contributed by atoms with van der Waals surface area (Å²) in [4.78, 5) is 22.3. The second-order valence-corrected chi connectivity index (χ2v) is 4.25. The topological polar surface area (TPSA) is 72.2 Å². The fourth-order valence-corrected chi connectivity index (χ4v) is 1.60. The van der Waals surface area contributed by atoms with Crippen LogP contribution in [0.3, 0.4) is 0 Å². The molecule has 0 bridgehead atoms. The minimum atomic E-state index is -0.562. The Morgan fingerprint density at radius 2 is 2.12 bits per heavy atom. The van der Waals surface area contributed by atoms with Gasteiger partial charge in [-0.05, 0) is 18.2 Å². The second kappa shape index (κ2) is 5.86. The highest BCUT2D eigenvalue weighted by atomic mass is 79.9. The number of rotatable bonds is 4. The molecule has 2 amide bonds. The Hall–Kier alpha value is -1.07. The summed E-state index contributed by atoms with van der Waals surface area (Å²) in [5.74, 6) is -0.743. The molecule has 0 spiro atoms. The Bertz CT molecular complexity index is 423. The van der Waals surface area contributed by atoms with Gasteiger partial charge >= 0.3 is 0 Å². The standard InChI is InChI=1S/C10H10BrClN2O2/c11-4-3-9(15)14-8-5-6(10(13)16)1-2-7(8)12/h1-2,5H,3-4H2,(H2,13,16)(H,14,15). The number of amides is 2. The number of carbonyl (C=O) groups excluding carboxylic acids is 2. The molecule has 0 aliphatic heterocycles. The first-order valence-electron chi connectivity index (χ1n) is 4.49. The lowest BCUT2D eigenvalue weighted by Crippen LogP contribution is -2.14. The summed E-state index contributed by atoms with van der Waals surface area (Å²) >= 11 is 9.02. The minimum absolute atomic E-state index is 0.180. The predicted octanol–water partition coefficient (Wildman–Crippen LogP) is 2.16. The zero-order chi connectivity index (χ0) is 12.1. The van der Waals surface area contributed by atoms with Crippen LogP contribution < -0.4 is 11.1 Å². The average molecular weight is 306 g/mol. The van der Waals surface area contributed by atoms with E-state index in [1.165, 1.54) is 18.2 Å². The van der Waals surface area contributed by atoms with Crippen LogP contribution in [-0.2, 0) is 4.79 Å². The van der Waals surface area contributed by atoms with Crippen LogP contribution in [0, 0.1) is 0 Å². The highest BCUT2D eigenvalue weighted by Gasteiger charge is 2.08. The van der Waals surface area contributed by atoms with Crippen molar-refractivity contribution in [1.29, 1.82) is 0 Å². The van der Waals surface area contributed by atoms with Gasteiger partial charge in [-0.3, -0.25) is 9.59 Å². The van der Waals surface area contributed by atoms with Crippen molar-refractivity contribution < 1.29 is 9.59 Å². The summed E-state index contributed by atoms with van der Waals surface area (Å²) in [7, 11) is 0. The molecule has 1 rings (SSSR count). The van der Waals surface area contributed by atoms with Gasteiger partial charge in [0, 0.05) is 17.3 Å². The first-order chi connectivity index (χ1) is 7.54. The Balaban J connectivity index is 2.90. The van der Waals surface area contributed by atoms with Crippen molar-refractivity contribution in [2.45, 2.75) is 6.42 Å². The third kappa shape index (κ3) is 3.50. The number of halogens is 2. The summed E-state index contributed by atoms with van der Waals surface area (Å²) in [5.41, 5.74) is 5.82. The van der Waals surface area contributed by atoms with Crippen molar-refractivity contribution in [2.75, 3.05) is 10.6 Å². The molecule has 1 aromatic rings. The number of anilines is 1. The van der Waals surface area contributed by atoms with E-state index < -0.39 is 5.91 Å². The molecule has 0 saturated carbocycles. The summed E-state index contributed by atoms with van der Waals surface area (Å²) in [6.45, 7) is 0. The van der Waals surface area contributed by atoms with E-state index >= 15 is 0 Å². The lowest BCUT2D eigenvalue weighted by Gasteiger charge is -2.07. The summed E-state index contributed by atoms with van der Waals surface area (Å²) < 4.78 is 0. The van der Waals surface area contributed by atoms with E-state index in [4.69, 9.17) is 17.3 Å². The molecular formula is C10H10BrClN2O2. The van der Waals surface area contributed by atoms with Crippen LogP contribution in [0.5, 0.6) is 0 Å². The first-order valence-corrected chi connectivity index (χ1v) is 5.99. The van der Waals surface area contributed by atoms with Crippen LogP contribution in [0.25, 0.3) is 0 Å². The summed E-state index contributed by atoms with van der Waals surface area (Å²) in [6.07, 6.45) is 0.330. The fraction of sp³-hybridized carbons (Fsp3) is 0.200. The molecule has 3 N–H and O–H groups in total. The molecule has 6 heteroatoms. The molecule has 0 fully saturated rings. The van der Waals surface area contributed by atoms with Crippen LogP contribution >= 0.6 is 27.5 Å². The molecule has 0 radical (unpaired) electrons. The molecule has 0 atom stereocenters. The number of nitrogens with two attached hydrogens (primary N) is 1. The van der Waals surface area contributed by atoms with Crippen molar-refractivity contribution in [3.05, 3.63) is 28.8 Å². The van der Waals surface area contributed by atoms with Crippen molar-refractivity contribution in [2.24, 2.45) is 5.73 Å². The Kier molecular flexibility index (Phi) is 4.76. The minimum Gasteiger partial charge on any atom is -0.366 e. The van der Waals surface area contributed by atoms with Gasteiger partial charge in [-0.25, -0.2) is 0 Å². The maximum Gasteiger partial charge on any atom is 0.248 e. The lowest BCUT2D eigenvalue weighted by atomic mass is 10.2. The van der Waals surface area contributed by atoms with Gasteiger partial charge in [0.25, 0.3) is 0 Å². The van der Waals surface area contributed by atoms with Crippen molar-refractivity contribution in [3.8, 4) is 0 Å².